The number of ketones is 1. The fraction of sp³-hybridized carbons (Fsp3) is 0.375. The summed E-state index contributed by atoms with van der Waals surface area (Å²) < 4.78 is 6.16. The van der Waals surface area contributed by atoms with Crippen molar-refractivity contribution in [2.75, 3.05) is 6.54 Å². The number of amides is 1. The van der Waals surface area contributed by atoms with E-state index in [9.17, 15) is 9.59 Å². The molecule has 1 amide bonds. The maximum absolute atomic E-state index is 13.5. The van der Waals surface area contributed by atoms with Gasteiger partial charge in [0.2, 0.25) is 0 Å². The number of aromatic nitrogens is 1. The fourth-order valence-corrected chi connectivity index (χ4v) is 5.15. The predicted molar refractivity (Wildman–Crippen MR) is 113 cm³/mol. The smallest absolute Gasteiger partial charge is 0.290 e. The van der Waals surface area contributed by atoms with E-state index >= 15 is 0 Å². The molecule has 0 N–H and O–H groups in total. The molecule has 4 atom stereocenters. The van der Waals surface area contributed by atoms with E-state index in [1.165, 1.54) is 0 Å². The minimum atomic E-state index is -0.512. The first-order chi connectivity index (χ1) is 14.6. The van der Waals surface area contributed by atoms with Crippen molar-refractivity contribution in [3.8, 4) is 0 Å². The van der Waals surface area contributed by atoms with Crippen molar-refractivity contribution >= 4 is 23.3 Å². The van der Waals surface area contributed by atoms with E-state index in [4.69, 9.17) is 16.3 Å². The normalized spacial score (nSPS) is 28.2. The van der Waals surface area contributed by atoms with Crippen LogP contribution in [0.4, 0.5) is 0 Å². The van der Waals surface area contributed by atoms with Crippen LogP contribution in [0.5, 0.6) is 0 Å². The number of Topliss-reactive ketones (excluding diaryl/α,β-unsaturated/α-hetero) is 1. The molecule has 5 nitrogen and oxygen atoms in total. The minimum Gasteiger partial charge on any atom is -0.483 e. The monoisotopic (exact) mass is 422 g/mol. The van der Waals surface area contributed by atoms with Crippen molar-refractivity contribution < 1.29 is 14.3 Å². The van der Waals surface area contributed by atoms with Crippen LogP contribution in [0.25, 0.3) is 0 Å². The molecular weight excluding hydrogens is 400 g/mol. The Bertz CT molecular complexity index is 992. The number of fused-ring (bicyclic) bond motifs is 1. The molecule has 1 aromatic heterocycles. The summed E-state index contributed by atoms with van der Waals surface area (Å²) in [6, 6.07) is 15.1. The standard InChI is InChI=1S/C24H23ClN2O3/c25-16-9-10-19-17(14-16)22(28)20-21(18-8-4-5-12-26-18)27(24(29)23(20)30-19)13-11-15-6-2-1-3-7-15/h1-8,12,16-17,19,21H,9-11,13-14H2. The predicted octanol–water partition coefficient (Wildman–Crippen LogP) is 3.84. The van der Waals surface area contributed by atoms with Crippen molar-refractivity contribution in [3.63, 3.8) is 0 Å². The Labute approximate surface area is 180 Å². The number of hydrogen-bond acceptors (Lipinski definition) is 4. The molecule has 0 saturated heterocycles. The maximum Gasteiger partial charge on any atom is 0.290 e. The molecule has 3 heterocycles. The van der Waals surface area contributed by atoms with Gasteiger partial charge in [-0.2, -0.15) is 0 Å². The van der Waals surface area contributed by atoms with Crippen molar-refractivity contribution in [2.45, 2.75) is 43.2 Å². The number of halogens is 1. The van der Waals surface area contributed by atoms with Gasteiger partial charge in [0.05, 0.1) is 17.2 Å². The Morgan fingerprint density at radius 2 is 1.87 bits per heavy atom. The molecule has 6 heteroatoms. The van der Waals surface area contributed by atoms with E-state index < -0.39 is 6.04 Å². The molecule has 1 saturated carbocycles. The highest BCUT2D eigenvalue weighted by Gasteiger charge is 2.52. The second kappa shape index (κ2) is 7.88. The van der Waals surface area contributed by atoms with Gasteiger partial charge in [-0.05, 0) is 43.4 Å². The van der Waals surface area contributed by atoms with Crippen LogP contribution in [-0.4, -0.2) is 39.6 Å². The van der Waals surface area contributed by atoms with Crippen LogP contribution in [0.3, 0.4) is 0 Å². The Hall–Kier alpha value is -2.66. The number of nitrogens with zero attached hydrogens (tertiary/aromatic N) is 2. The van der Waals surface area contributed by atoms with Crippen LogP contribution in [0.1, 0.15) is 36.6 Å². The number of ether oxygens (including phenoxy) is 1. The summed E-state index contributed by atoms with van der Waals surface area (Å²) in [7, 11) is 0. The number of hydrogen-bond donors (Lipinski definition) is 0. The van der Waals surface area contributed by atoms with Gasteiger partial charge in [-0.3, -0.25) is 14.6 Å². The van der Waals surface area contributed by atoms with Crippen LogP contribution in [0, 0.1) is 5.92 Å². The van der Waals surface area contributed by atoms with Crippen molar-refractivity contribution in [3.05, 3.63) is 77.3 Å². The third-order valence-electron chi connectivity index (χ3n) is 6.33. The maximum atomic E-state index is 13.5. The number of carbonyl (C=O) groups excluding carboxylic acids is 2. The topological polar surface area (TPSA) is 59.5 Å². The number of carbonyl (C=O) groups is 2. The van der Waals surface area contributed by atoms with E-state index in [1.807, 2.05) is 48.5 Å². The summed E-state index contributed by atoms with van der Waals surface area (Å²) in [6.07, 6.45) is 4.23. The zero-order chi connectivity index (χ0) is 20.7. The van der Waals surface area contributed by atoms with E-state index in [1.54, 1.807) is 11.1 Å². The van der Waals surface area contributed by atoms with Crippen LogP contribution in [0.2, 0.25) is 0 Å². The first kappa shape index (κ1) is 19.3. The molecule has 2 aromatic rings. The van der Waals surface area contributed by atoms with Crippen LogP contribution >= 0.6 is 11.6 Å². The van der Waals surface area contributed by atoms with Crippen molar-refractivity contribution in [2.24, 2.45) is 5.92 Å². The summed E-state index contributed by atoms with van der Waals surface area (Å²) in [5.41, 5.74) is 2.29. The van der Waals surface area contributed by atoms with Gasteiger partial charge in [-0.15, -0.1) is 11.6 Å². The zero-order valence-electron chi connectivity index (χ0n) is 16.5. The molecule has 3 aliphatic rings. The summed E-state index contributed by atoms with van der Waals surface area (Å²) in [5.74, 6) is -0.278. The number of rotatable bonds is 4. The Kier molecular flexibility index (Phi) is 5.07. The van der Waals surface area contributed by atoms with Crippen molar-refractivity contribution in [1.82, 2.24) is 9.88 Å². The molecule has 30 heavy (non-hydrogen) atoms. The lowest BCUT2D eigenvalue weighted by molar-refractivity contribution is -0.135. The third-order valence-corrected chi connectivity index (χ3v) is 6.73. The zero-order valence-corrected chi connectivity index (χ0v) is 17.3. The number of benzene rings is 1. The number of pyridine rings is 1. The van der Waals surface area contributed by atoms with Gasteiger partial charge < -0.3 is 9.64 Å². The molecule has 1 aliphatic carbocycles. The van der Waals surface area contributed by atoms with E-state index in [0.29, 0.717) is 37.1 Å². The highest BCUT2D eigenvalue weighted by molar-refractivity contribution is 6.21. The van der Waals surface area contributed by atoms with Crippen LogP contribution in [0.15, 0.2) is 66.1 Å². The Morgan fingerprint density at radius 1 is 1.07 bits per heavy atom. The molecular formula is C24H23ClN2O3. The Balaban J connectivity index is 1.50. The lowest BCUT2D eigenvalue weighted by Gasteiger charge is -2.37. The highest BCUT2D eigenvalue weighted by Crippen LogP contribution is 2.46. The largest absolute Gasteiger partial charge is 0.483 e. The summed E-state index contributed by atoms with van der Waals surface area (Å²) in [6.45, 7) is 0.487. The quantitative estimate of drug-likeness (QED) is 0.702. The van der Waals surface area contributed by atoms with Crippen LogP contribution < -0.4 is 0 Å². The molecule has 1 aromatic carbocycles. The highest BCUT2D eigenvalue weighted by atomic mass is 35.5. The average molecular weight is 423 g/mol. The minimum absolute atomic E-state index is 0.00202. The van der Waals surface area contributed by atoms with Gasteiger partial charge in [0.1, 0.15) is 12.1 Å². The average Bonchev–Trinajstić information content (AvgIpc) is 3.06. The summed E-state index contributed by atoms with van der Waals surface area (Å²) in [4.78, 5) is 33.1. The molecule has 2 aliphatic heterocycles. The first-order valence-electron chi connectivity index (χ1n) is 10.5. The van der Waals surface area contributed by atoms with Gasteiger partial charge in [-0.1, -0.05) is 36.4 Å². The van der Waals surface area contributed by atoms with Gasteiger partial charge in [0.15, 0.2) is 11.5 Å². The van der Waals surface area contributed by atoms with Gasteiger partial charge >= 0.3 is 0 Å². The molecule has 154 valence electrons. The molecule has 5 rings (SSSR count). The SMILES string of the molecule is O=C1C2=C(OC3CCC(Cl)CC13)C(=O)N(CCc1ccccc1)C2c1ccccn1. The van der Waals surface area contributed by atoms with E-state index in [-0.39, 0.29) is 34.8 Å². The van der Waals surface area contributed by atoms with E-state index in [2.05, 4.69) is 4.98 Å². The molecule has 0 spiro atoms. The molecule has 1 fully saturated rings. The Morgan fingerprint density at radius 3 is 2.63 bits per heavy atom. The molecule has 4 unspecified atom stereocenters. The van der Waals surface area contributed by atoms with Gasteiger partial charge in [0.25, 0.3) is 5.91 Å². The third kappa shape index (κ3) is 3.31. The van der Waals surface area contributed by atoms with Gasteiger partial charge in [0, 0.05) is 18.1 Å². The van der Waals surface area contributed by atoms with Gasteiger partial charge in [-0.25, -0.2) is 0 Å². The van der Waals surface area contributed by atoms with Crippen molar-refractivity contribution in [1.29, 1.82) is 0 Å². The summed E-state index contributed by atoms with van der Waals surface area (Å²) >= 11 is 6.36. The fourth-order valence-electron chi connectivity index (χ4n) is 4.83. The lowest BCUT2D eigenvalue weighted by Crippen LogP contribution is -2.41. The van der Waals surface area contributed by atoms with Crippen LogP contribution in [-0.2, 0) is 20.7 Å². The summed E-state index contributed by atoms with van der Waals surface area (Å²) in [5, 5.41) is -0.0273. The second-order valence-electron chi connectivity index (χ2n) is 8.17. The number of alkyl halides is 1. The molecule has 0 radical (unpaired) electrons. The molecule has 0 bridgehead atoms. The second-order valence-corrected chi connectivity index (χ2v) is 8.79. The lowest BCUT2D eigenvalue weighted by atomic mass is 9.78. The van der Waals surface area contributed by atoms with E-state index in [0.717, 1.165) is 12.0 Å². The first-order valence-corrected chi connectivity index (χ1v) is 10.9.